The zero-order valence-corrected chi connectivity index (χ0v) is 13.3. The molecule has 1 atom stereocenters. The maximum absolute atomic E-state index is 12.6. The highest BCUT2D eigenvalue weighted by Crippen LogP contribution is 2.11. The molecule has 1 aliphatic rings. The summed E-state index contributed by atoms with van der Waals surface area (Å²) in [6, 6.07) is 0.00269. The second-order valence-corrected chi connectivity index (χ2v) is 6.49. The van der Waals surface area contributed by atoms with E-state index >= 15 is 0 Å². The number of piperazine rings is 1. The summed E-state index contributed by atoms with van der Waals surface area (Å²) in [4.78, 5) is 16.9. The fourth-order valence-corrected chi connectivity index (χ4v) is 2.63. The number of carbonyl (C=O) groups excluding carboxylic acids is 1. The van der Waals surface area contributed by atoms with Crippen molar-refractivity contribution >= 4 is 5.91 Å². The van der Waals surface area contributed by atoms with Crippen molar-refractivity contribution in [1.82, 2.24) is 15.1 Å². The zero-order valence-electron chi connectivity index (χ0n) is 13.3. The van der Waals surface area contributed by atoms with Crippen LogP contribution in [0.1, 0.15) is 34.6 Å². The van der Waals surface area contributed by atoms with Crippen molar-refractivity contribution in [2.24, 2.45) is 11.8 Å². The Bertz CT molecular complexity index is 263. The molecular weight excluding hydrogens is 238 g/mol. The molecular formula is C15H31N3O. The largest absolute Gasteiger partial charge is 0.339 e. The van der Waals surface area contributed by atoms with E-state index in [0.717, 1.165) is 39.3 Å². The predicted molar refractivity (Wildman–Crippen MR) is 80.2 cm³/mol. The molecule has 1 saturated heterocycles. The highest BCUT2D eigenvalue weighted by Gasteiger charge is 2.27. The molecule has 1 N–H and O–H groups in total. The first-order chi connectivity index (χ1) is 8.91. The van der Waals surface area contributed by atoms with Crippen LogP contribution in [-0.2, 0) is 4.79 Å². The molecule has 4 heteroatoms. The van der Waals surface area contributed by atoms with E-state index < -0.39 is 0 Å². The van der Waals surface area contributed by atoms with E-state index in [-0.39, 0.29) is 6.04 Å². The first-order valence-corrected chi connectivity index (χ1v) is 7.65. The summed E-state index contributed by atoms with van der Waals surface area (Å²) < 4.78 is 0. The first-order valence-electron chi connectivity index (χ1n) is 7.65. The van der Waals surface area contributed by atoms with Crippen molar-refractivity contribution in [2.75, 3.05) is 39.3 Å². The summed E-state index contributed by atoms with van der Waals surface area (Å²) in [6.07, 6.45) is 0. The number of carbonyl (C=O) groups is 1. The molecule has 4 nitrogen and oxygen atoms in total. The second-order valence-electron chi connectivity index (χ2n) is 6.49. The number of nitrogens with one attached hydrogen (secondary N) is 1. The average Bonchev–Trinajstić information content (AvgIpc) is 2.36. The van der Waals surface area contributed by atoms with Crippen molar-refractivity contribution in [2.45, 2.75) is 40.7 Å². The van der Waals surface area contributed by atoms with Crippen LogP contribution in [0.25, 0.3) is 0 Å². The molecule has 112 valence electrons. The Hall–Kier alpha value is -0.610. The van der Waals surface area contributed by atoms with Crippen LogP contribution in [0, 0.1) is 11.8 Å². The van der Waals surface area contributed by atoms with Gasteiger partial charge in [-0.05, 0) is 18.8 Å². The summed E-state index contributed by atoms with van der Waals surface area (Å²) >= 11 is 0. The lowest BCUT2D eigenvalue weighted by Crippen LogP contribution is -2.54. The SMILES string of the molecule is CC(C)CN(CC(C)C)C(C)C(=O)N1CCNCC1. The van der Waals surface area contributed by atoms with Crippen LogP contribution in [0.5, 0.6) is 0 Å². The third-order valence-corrected chi connectivity index (χ3v) is 3.53. The molecule has 0 saturated carbocycles. The van der Waals surface area contributed by atoms with Gasteiger partial charge >= 0.3 is 0 Å². The monoisotopic (exact) mass is 269 g/mol. The third-order valence-electron chi connectivity index (χ3n) is 3.53. The number of hydrogen-bond donors (Lipinski definition) is 1. The molecule has 1 rings (SSSR count). The Balaban J connectivity index is 2.62. The normalized spacial score (nSPS) is 18.4. The Morgan fingerprint density at radius 3 is 1.95 bits per heavy atom. The number of rotatable bonds is 6. The molecule has 0 radical (unpaired) electrons. The van der Waals surface area contributed by atoms with Gasteiger partial charge in [0.1, 0.15) is 0 Å². The molecule has 0 aromatic heterocycles. The van der Waals surface area contributed by atoms with Crippen molar-refractivity contribution in [1.29, 1.82) is 0 Å². The lowest BCUT2D eigenvalue weighted by atomic mass is 10.1. The molecule has 0 aliphatic carbocycles. The van der Waals surface area contributed by atoms with Gasteiger partial charge in [0.15, 0.2) is 0 Å². The highest BCUT2D eigenvalue weighted by molar-refractivity contribution is 5.81. The minimum absolute atomic E-state index is 0.00269. The van der Waals surface area contributed by atoms with Crippen LogP contribution in [0.3, 0.4) is 0 Å². The van der Waals surface area contributed by atoms with Gasteiger partial charge in [-0.3, -0.25) is 9.69 Å². The fraction of sp³-hybridized carbons (Fsp3) is 0.933. The smallest absolute Gasteiger partial charge is 0.239 e. The van der Waals surface area contributed by atoms with Gasteiger partial charge < -0.3 is 10.2 Å². The Kier molecular flexibility index (Phi) is 6.80. The van der Waals surface area contributed by atoms with Gasteiger partial charge in [0.2, 0.25) is 5.91 Å². The van der Waals surface area contributed by atoms with Crippen molar-refractivity contribution in [3.05, 3.63) is 0 Å². The molecule has 1 unspecified atom stereocenters. The van der Waals surface area contributed by atoms with Crippen molar-refractivity contribution in [3.8, 4) is 0 Å². The Labute approximate surface area is 118 Å². The van der Waals surface area contributed by atoms with Crippen molar-refractivity contribution in [3.63, 3.8) is 0 Å². The molecule has 0 aromatic rings. The fourth-order valence-electron chi connectivity index (χ4n) is 2.63. The van der Waals surface area contributed by atoms with E-state index in [1.54, 1.807) is 0 Å². The topological polar surface area (TPSA) is 35.6 Å². The van der Waals surface area contributed by atoms with Gasteiger partial charge in [-0.15, -0.1) is 0 Å². The second kappa shape index (κ2) is 7.85. The summed E-state index contributed by atoms with van der Waals surface area (Å²) in [5.74, 6) is 1.48. The molecule has 1 heterocycles. The van der Waals surface area contributed by atoms with Gasteiger partial charge in [0, 0.05) is 39.3 Å². The number of nitrogens with zero attached hydrogens (tertiary/aromatic N) is 2. The van der Waals surface area contributed by atoms with E-state index in [1.165, 1.54) is 0 Å². The maximum Gasteiger partial charge on any atom is 0.239 e. The van der Waals surface area contributed by atoms with Crippen LogP contribution in [-0.4, -0.2) is 61.0 Å². The van der Waals surface area contributed by atoms with Crippen LogP contribution in [0.2, 0.25) is 0 Å². The molecule has 1 aliphatic heterocycles. The lowest BCUT2D eigenvalue weighted by Gasteiger charge is -2.36. The van der Waals surface area contributed by atoms with Crippen LogP contribution >= 0.6 is 0 Å². The quantitative estimate of drug-likeness (QED) is 0.792. The standard InChI is InChI=1S/C15H31N3O/c1-12(2)10-18(11-13(3)4)14(5)15(19)17-8-6-16-7-9-17/h12-14,16H,6-11H2,1-5H3. The Morgan fingerprint density at radius 1 is 1.05 bits per heavy atom. The lowest BCUT2D eigenvalue weighted by molar-refractivity contribution is -0.137. The summed E-state index contributed by atoms with van der Waals surface area (Å²) in [5, 5.41) is 3.29. The van der Waals surface area contributed by atoms with Gasteiger partial charge in [-0.1, -0.05) is 27.7 Å². The zero-order chi connectivity index (χ0) is 14.4. The van der Waals surface area contributed by atoms with Crippen LogP contribution < -0.4 is 5.32 Å². The molecule has 1 fully saturated rings. The van der Waals surface area contributed by atoms with Crippen LogP contribution in [0.4, 0.5) is 0 Å². The van der Waals surface area contributed by atoms with E-state index in [1.807, 2.05) is 4.90 Å². The Morgan fingerprint density at radius 2 is 1.53 bits per heavy atom. The van der Waals surface area contributed by atoms with Gasteiger partial charge in [0.05, 0.1) is 6.04 Å². The summed E-state index contributed by atoms with van der Waals surface area (Å²) in [5.41, 5.74) is 0. The van der Waals surface area contributed by atoms with Gasteiger partial charge in [0.25, 0.3) is 0 Å². The van der Waals surface area contributed by atoms with Crippen LogP contribution in [0.15, 0.2) is 0 Å². The molecule has 0 spiro atoms. The van der Waals surface area contributed by atoms with E-state index in [2.05, 4.69) is 44.8 Å². The predicted octanol–water partition coefficient (Wildman–Crippen LogP) is 1.42. The minimum atomic E-state index is 0.00269. The maximum atomic E-state index is 12.6. The summed E-state index contributed by atoms with van der Waals surface area (Å²) in [6.45, 7) is 16.5. The molecule has 0 bridgehead atoms. The number of amides is 1. The van der Waals surface area contributed by atoms with E-state index in [0.29, 0.717) is 17.7 Å². The molecule has 19 heavy (non-hydrogen) atoms. The molecule has 0 aromatic carbocycles. The number of hydrogen-bond acceptors (Lipinski definition) is 3. The highest BCUT2D eigenvalue weighted by atomic mass is 16.2. The van der Waals surface area contributed by atoms with Gasteiger partial charge in [-0.2, -0.15) is 0 Å². The van der Waals surface area contributed by atoms with Crippen molar-refractivity contribution < 1.29 is 4.79 Å². The molecule has 1 amide bonds. The third kappa shape index (κ3) is 5.49. The summed E-state index contributed by atoms with van der Waals surface area (Å²) in [7, 11) is 0. The minimum Gasteiger partial charge on any atom is -0.339 e. The average molecular weight is 269 g/mol. The van der Waals surface area contributed by atoms with Gasteiger partial charge in [-0.25, -0.2) is 0 Å². The first kappa shape index (κ1) is 16.4. The van der Waals surface area contributed by atoms with E-state index in [4.69, 9.17) is 0 Å². The van der Waals surface area contributed by atoms with E-state index in [9.17, 15) is 4.79 Å².